The highest BCUT2D eigenvalue weighted by Gasteiger charge is 2.33. The van der Waals surface area contributed by atoms with E-state index in [1.165, 1.54) is 64.6 Å². The van der Waals surface area contributed by atoms with Gasteiger partial charge in [-0.1, -0.05) is 30.3 Å². The number of fused-ring (bicyclic) bond motifs is 2. The molecule has 7 aromatic rings. The predicted octanol–water partition coefficient (Wildman–Crippen LogP) is 7.23. The summed E-state index contributed by atoms with van der Waals surface area (Å²) in [6, 6.07) is 30.1. The van der Waals surface area contributed by atoms with Crippen LogP contribution in [0.15, 0.2) is 127 Å². The minimum atomic E-state index is -3.67. The molecule has 0 saturated carbocycles. The van der Waals surface area contributed by atoms with Crippen LogP contribution in [-0.4, -0.2) is 190 Å². The fourth-order valence-corrected chi connectivity index (χ4v) is 8.67. The lowest BCUT2D eigenvalue weighted by Crippen LogP contribution is -2.36. The van der Waals surface area contributed by atoms with Crippen LogP contribution in [0, 0.1) is 17.5 Å². The summed E-state index contributed by atoms with van der Waals surface area (Å²) in [6.07, 6.45) is 1.36. The number of halogens is 3. The van der Waals surface area contributed by atoms with E-state index in [4.69, 9.17) is 66.9 Å². The normalized spacial score (nSPS) is 10.9. The van der Waals surface area contributed by atoms with Crippen molar-refractivity contribution in [3.63, 3.8) is 0 Å². The van der Waals surface area contributed by atoms with Gasteiger partial charge in [0.15, 0.2) is 70.9 Å². The summed E-state index contributed by atoms with van der Waals surface area (Å²) < 4.78 is 136. The maximum absolute atomic E-state index is 14.8. The van der Waals surface area contributed by atoms with E-state index in [9.17, 15) is 65.4 Å². The van der Waals surface area contributed by atoms with Crippen LogP contribution in [0.4, 0.5) is 24.5 Å². The summed E-state index contributed by atoms with van der Waals surface area (Å²) in [5, 5.41) is 37.3. The van der Waals surface area contributed by atoms with Crippen molar-refractivity contribution in [2.75, 3.05) is 125 Å². The molecular formula is C67H69F3N2O27S. The van der Waals surface area contributed by atoms with Gasteiger partial charge in [0.25, 0.3) is 10.1 Å². The highest BCUT2D eigenvalue weighted by Crippen LogP contribution is 2.51. The van der Waals surface area contributed by atoms with Gasteiger partial charge in [-0.3, -0.25) is 28.5 Å². The van der Waals surface area contributed by atoms with Gasteiger partial charge in [0.2, 0.25) is 0 Å². The molecule has 33 heteroatoms. The van der Waals surface area contributed by atoms with Gasteiger partial charge < -0.3 is 91.8 Å². The van der Waals surface area contributed by atoms with Crippen molar-refractivity contribution in [3.8, 4) is 69.0 Å². The van der Waals surface area contributed by atoms with Crippen LogP contribution in [0.3, 0.4) is 0 Å². The van der Waals surface area contributed by atoms with Crippen molar-refractivity contribution in [3.05, 3.63) is 167 Å². The van der Waals surface area contributed by atoms with Crippen LogP contribution in [0.2, 0.25) is 0 Å². The van der Waals surface area contributed by atoms with Crippen LogP contribution in [0.1, 0.15) is 33.0 Å². The Bertz CT molecular complexity index is 4000. The van der Waals surface area contributed by atoms with Crippen LogP contribution in [0.5, 0.6) is 69.0 Å². The second-order valence-corrected chi connectivity index (χ2v) is 21.7. The van der Waals surface area contributed by atoms with Crippen molar-refractivity contribution in [1.82, 2.24) is 0 Å². The van der Waals surface area contributed by atoms with E-state index in [1.807, 2.05) is 0 Å². The second-order valence-electron chi connectivity index (χ2n) is 20.2. The van der Waals surface area contributed by atoms with Gasteiger partial charge in [-0.25, -0.2) is 22.8 Å². The third-order valence-electron chi connectivity index (χ3n) is 13.3. The summed E-state index contributed by atoms with van der Waals surface area (Å²) >= 11 is 0. The molecule has 1 aliphatic heterocycles. The number of hydrogen-bond acceptors (Lipinski definition) is 28. The van der Waals surface area contributed by atoms with Gasteiger partial charge in [-0.15, -0.1) is 0 Å². The largest absolute Gasteiger partial charge is 0.508 e. The van der Waals surface area contributed by atoms with Crippen molar-refractivity contribution in [1.29, 1.82) is 0 Å². The number of ether oxygens (including phenoxy) is 13. The van der Waals surface area contributed by atoms with Crippen LogP contribution < -0.4 is 43.0 Å². The summed E-state index contributed by atoms with van der Waals surface area (Å²) in [7, 11) is 3.67. The Hall–Kier alpha value is -11.9. The number of phenolic OH excluding ortho intramolecular Hbond substituents is 4. The number of para-hydroxylation sites is 4. The van der Waals surface area contributed by atoms with Crippen LogP contribution in [-0.2, 0) is 67.3 Å². The third-order valence-corrected chi connectivity index (χ3v) is 13.3. The number of anilines is 2. The molecule has 0 unspecified atom stereocenters. The molecule has 5 N–H and O–H groups in total. The van der Waals surface area contributed by atoms with Crippen LogP contribution in [0.25, 0.3) is 0 Å². The molecule has 0 fully saturated rings. The number of carbonyl (C=O) groups is 7. The maximum atomic E-state index is 14.8. The van der Waals surface area contributed by atoms with Crippen molar-refractivity contribution in [2.45, 2.75) is 5.92 Å². The summed E-state index contributed by atoms with van der Waals surface area (Å²) in [5.41, 5.74) is 1.87. The molecular weight excluding hydrogens is 1350 g/mol. The Kier molecular flexibility index (Phi) is 30.6. The lowest BCUT2D eigenvalue weighted by atomic mass is 9.82. The van der Waals surface area contributed by atoms with E-state index >= 15 is 0 Å². The molecule has 0 aliphatic carbocycles. The number of benzene rings is 7. The monoisotopic (exact) mass is 1420 g/mol. The first-order valence-corrected chi connectivity index (χ1v) is 30.9. The molecule has 1 aliphatic rings. The number of carbonyl (C=O) groups excluding carboxylic acids is 7. The number of methoxy groups -OCH3 is 6. The van der Waals surface area contributed by atoms with E-state index in [0.29, 0.717) is 46.6 Å². The molecule has 29 nitrogen and oxygen atoms in total. The lowest BCUT2D eigenvalue weighted by molar-refractivity contribution is -0.143. The van der Waals surface area contributed by atoms with E-state index in [1.54, 1.807) is 72.8 Å². The maximum Gasteiger partial charge on any atom is 0.343 e. The molecule has 8 rings (SSSR count). The van der Waals surface area contributed by atoms with Crippen LogP contribution >= 0.6 is 0 Å². The number of rotatable bonds is 28. The molecule has 7 aromatic carbocycles. The van der Waals surface area contributed by atoms with E-state index < -0.39 is 86.6 Å². The first-order valence-electron chi connectivity index (χ1n) is 29.1. The first kappa shape index (κ1) is 78.8. The van der Waals surface area contributed by atoms with Gasteiger partial charge in [-0.05, 0) is 84.4 Å². The highest BCUT2D eigenvalue weighted by molar-refractivity contribution is 7.85. The van der Waals surface area contributed by atoms with E-state index in [-0.39, 0.29) is 117 Å². The van der Waals surface area contributed by atoms with Gasteiger partial charge >= 0.3 is 35.8 Å². The van der Waals surface area contributed by atoms with Gasteiger partial charge in [0, 0.05) is 40.8 Å². The molecule has 1 heterocycles. The summed E-state index contributed by atoms with van der Waals surface area (Å²) in [6.45, 7) is -1.87. The highest BCUT2D eigenvalue weighted by atomic mass is 32.2. The van der Waals surface area contributed by atoms with Crippen molar-refractivity contribution < 1.29 is 142 Å². The Morgan fingerprint density at radius 2 is 0.800 bits per heavy atom. The zero-order valence-electron chi connectivity index (χ0n) is 54.5. The number of phenols is 4. The number of esters is 6. The Morgan fingerprint density at radius 1 is 0.450 bits per heavy atom. The van der Waals surface area contributed by atoms with Gasteiger partial charge in [0.1, 0.15) is 87.6 Å². The number of aldehydes is 1. The zero-order chi connectivity index (χ0) is 73.6. The zero-order valence-corrected chi connectivity index (χ0v) is 55.3. The Labute approximate surface area is 569 Å². The van der Waals surface area contributed by atoms with E-state index in [0.717, 1.165) is 42.5 Å². The first-order chi connectivity index (χ1) is 47.6. The smallest absolute Gasteiger partial charge is 0.343 e. The summed E-state index contributed by atoms with van der Waals surface area (Å²) in [5.74, 6) is -7.36. The topological polar surface area (TPSA) is 381 Å². The molecule has 0 amide bonds. The molecule has 0 bridgehead atoms. The predicted molar refractivity (Wildman–Crippen MR) is 345 cm³/mol. The third kappa shape index (κ3) is 24.6. The van der Waals surface area contributed by atoms with Gasteiger partial charge in [-0.2, -0.15) is 8.42 Å². The molecule has 0 atom stereocenters. The summed E-state index contributed by atoms with van der Waals surface area (Å²) in [4.78, 5) is 85.6. The number of hydrogen-bond donors (Lipinski definition) is 5. The minimum Gasteiger partial charge on any atom is -0.508 e. The standard InChI is InChI=1S/C36H33F2NO12.C24H27NO10.C6H5FO2.CH4O3S/c1-45-33(42)17-39(18-34(43)46-2)25-9-8-20(12-32(25)49-11-10-48-28-6-4-5-7-29(28)50-19-35(44)47-3)36-21-13-23(37)26(40)15-30(21)51-31-16-27(41)24(38)14-22(31)36;1-30-22(27)13-25(14-23(28)31-2)18-9-8-17(15-26)12-21(18)34-11-10-33-19-6-4-5-7-20(19)35-16-24(29)32-3;7-5-2-1-4(8)3-6(5)9;1-5(2,3)4/h4-9,12-16,36,40-41H,10-11,17-19H2,1-3H3;4-9,12,15H,10-11,13-14,16H2,1-3H3;1-3,8-9H;1H3,(H,2,3,4). The minimum absolute atomic E-state index is 0.0466. The molecule has 100 heavy (non-hydrogen) atoms. The fourth-order valence-electron chi connectivity index (χ4n) is 8.67. The molecule has 0 spiro atoms. The number of nitrogens with zero attached hydrogens (tertiary/aromatic N) is 2. The van der Waals surface area contributed by atoms with Crippen molar-refractivity contribution in [2.24, 2.45) is 0 Å². The quantitative estimate of drug-likeness (QED) is 0.0106. The average molecular weight is 1420 g/mol. The Balaban J connectivity index is 0.000000315. The van der Waals surface area contributed by atoms with Crippen molar-refractivity contribution >= 4 is 63.6 Å². The molecule has 536 valence electrons. The lowest BCUT2D eigenvalue weighted by Gasteiger charge is -2.30. The molecule has 0 aromatic heterocycles. The molecule has 0 saturated heterocycles. The number of aromatic hydroxyl groups is 4. The van der Waals surface area contributed by atoms with Gasteiger partial charge in [0.05, 0.1) is 60.3 Å². The SMILES string of the molecule is COC(=O)COc1ccccc1OCCOc1cc(C2c3cc(F)c(O)cc3Oc3cc(O)c(F)cc32)ccc1N(CC(=O)OC)CC(=O)OC.COC(=O)COc1ccccc1OCCOc1cc(C=O)ccc1N(CC(=O)OC)CC(=O)OC.CS(=O)(=O)O.Oc1ccc(F)c(O)c1. The average Bonchev–Trinajstić information content (AvgIpc) is 0.745. The molecule has 0 radical (unpaired) electrons. The Morgan fingerprint density at radius 3 is 1.16 bits per heavy atom. The van der Waals surface area contributed by atoms with E-state index in [2.05, 4.69) is 9.47 Å². The fraction of sp³-hybridized carbons (Fsp3) is 0.269. The second kappa shape index (κ2) is 38.8.